The van der Waals surface area contributed by atoms with Crippen molar-refractivity contribution in [2.24, 2.45) is 17.8 Å². The number of likely N-dealkylation sites (N-methyl/N-ethyl adjacent to an activating group) is 1. The molecule has 2 bridgehead atoms. The second kappa shape index (κ2) is 9.73. The second-order valence-electron chi connectivity index (χ2n) is 8.03. The number of amides is 2. The number of Topliss-reactive ketones (excluding diaryl/α,β-unsaturated/α-hetero) is 1. The van der Waals surface area contributed by atoms with Crippen molar-refractivity contribution in [3.05, 3.63) is 24.3 Å². The van der Waals surface area contributed by atoms with E-state index in [1.807, 2.05) is 0 Å². The SMILES string of the molecule is COc1cccc(NC(=O)CN(C)C(=O)COC(=O)C2C[C@H]3CCC[C@@H](C2)C3=O)c1. The molecule has 0 heterocycles. The van der Waals surface area contributed by atoms with Crippen LogP contribution in [0.25, 0.3) is 0 Å². The van der Waals surface area contributed by atoms with Crippen molar-refractivity contribution < 1.29 is 28.7 Å². The highest BCUT2D eigenvalue weighted by Crippen LogP contribution is 2.40. The van der Waals surface area contributed by atoms with Gasteiger partial charge in [-0.25, -0.2) is 0 Å². The van der Waals surface area contributed by atoms with Gasteiger partial charge in [0.25, 0.3) is 5.91 Å². The first-order chi connectivity index (χ1) is 14.4. The van der Waals surface area contributed by atoms with Gasteiger partial charge >= 0.3 is 5.97 Å². The van der Waals surface area contributed by atoms with Crippen molar-refractivity contribution >= 4 is 29.3 Å². The van der Waals surface area contributed by atoms with Crippen LogP contribution >= 0.6 is 0 Å². The first-order valence-corrected chi connectivity index (χ1v) is 10.3. The van der Waals surface area contributed by atoms with E-state index < -0.39 is 18.5 Å². The minimum atomic E-state index is -0.462. The second-order valence-corrected chi connectivity index (χ2v) is 8.03. The summed E-state index contributed by atoms with van der Waals surface area (Å²) in [6, 6.07) is 6.89. The highest BCUT2D eigenvalue weighted by molar-refractivity contribution is 5.95. The molecular weight excluding hydrogens is 388 g/mol. The van der Waals surface area contributed by atoms with Crippen molar-refractivity contribution in [3.8, 4) is 5.75 Å². The predicted molar refractivity (Wildman–Crippen MR) is 109 cm³/mol. The zero-order valence-corrected chi connectivity index (χ0v) is 17.4. The normalized spacial score (nSPS) is 22.7. The maximum absolute atomic E-state index is 12.4. The zero-order chi connectivity index (χ0) is 21.7. The number of anilines is 1. The van der Waals surface area contributed by atoms with Crippen LogP contribution in [-0.4, -0.2) is 55.8 Å². The average Bonchev–Trinajstić information content (AvgIpc) is 2.71. The largest absolute Gasteiger partial charge is 0.497 e. The summed E-state index contributed by atoms with van der Waals surface area (Å²) < 4.78 is 10.3. The average molecular weight is 416 g/mol. The summed E-state index contributed by atoms with van der Waals surface area (Å²) in [6.45, 7) is -0.586. The monoisotopic (exact) mass is 416 g/mol. The fraction of sp³-hybridized carbons (Fsp3) is 0.545. The van der Waals surface area contributed by atoms with Crippen LogP contribution in [0.15, 0.2) is 24.3 Å². The van der Waals surface area contributed by atoms with Crippen molar-refractivity contribution in [2.45, 2.75) is 32.1 Å². The van der Waals surface area contributed by atoms with Crippen LogP contribution < -0.4 is 10.1 Å². The molecule has 8 heteroatoms. The van der Waals surface area contributed by atoms with E-state index >= 15 is 0 Å². The van der Waals surface area contributed by atoms with Crippen LogP contribution in [-0.2, 0) is 23.9 Å². The van der Waals surface area contributed by atoms with Crippen molar-refractivity contribution in [1.82, 2.24) is 4.90 Å². The van der Waals surface area contributed by atoms with E-state index in [0.717, 1.165) is 19.3 Å². The molecule has 8 nitrogen and oxygen atoms in total. The highest BCUT2D eigenvalue weighted by atomic mass is 16.5. The fourth-order valence-corrected chi connectivity index (χ4v) is 4.24. The Hall–Kier alpha value is -2.90. The fourth-order valence-electron chi connectivity index (χ4n) is 4.24. The molecule has 1 aromatic carbocycles. The molecule has 3 atom stereocenters. The Bertz CT molecular complexity index is 808. The summed E-state index contributed by atoms with van der Waals surface area (Å²) in [7, 11) is 3.01. The molecule has 2 fully saturated rings. The molecule has 3 rings (SSSR count). The van der Waals surface area contributed by atoms with Gasteiger partial charge in [0.15, 0.2) is 6.61 Å². The number of methoxy groups -OCH3 is 1. The summed E-state index contributed by atoms with van der Waals surface area (Å²) in [6.07, 6.45) is 3.73. The van der Waals surface area contributed by atoms with E-state index in [1.165, 1.54) is 19.1 Å². The summed E-state index contributed by atoms with van der Waals surface area (Å²) in [5, 5.41) is 2.69. The summed E-state index contributed by atoms with van der Waals surface area (Å²) in [5.41, 5.74) is 0.559. The molecular formula is C22H28N2O6. The van der Waals surface area contributed by atoms with Crippen LogP contribution in [0.4, 0.5) is 5.69 Å². The Kier molecular flexibility index (Phi) is 7.07. The van der Waals surface area contributed by atoms with Crippen LogP contribution in [0.3, 0.4) is 0 Å². The maximum atomic E-state index is 12.4. The molecule has 0 aromatic heterocycles. The number of hydrogen-bond donors (Lipinski definition) is 1. The van der Waals surface area contributed by atoms with Gasteiger partial charge in [0.05, 0.1) is 19.6 Å². The Morgan fingerprint density at radius 1 is 1.17 bits per heavy atom. The molecule has 2 aliphatic carbocycles. The van der Waals surface area contributed by atoms with E-state index in [0.29, 0.717) is 24.3 Å². The number of carbonyl (C=O) groups excluding carboxylic acids is 4. The van der Waals surface area contributed by atoms with Crippen molar-refractivity contribution in [3.63, 3.8) is 0 Å². The van der Waals surface area contributed by atoms with Crippen LogP contribution in [0.5, 0.6) is 5.75 Å². The third-order valence-electron chi connectivity index (χ3n) is 5.88. The number of carbonyl (C=O) groups is 4. The number of ketones is 1. The van der Waals surface area contributed by atoms with Gasteiger partial charge in [0.1, 0.15) is 11.5 Å². The lowest BCUT2D eigenvalue weighted by molar-refractivity contribution is -0.158. The summed E-state index contributed by atoms with van der Waals surface area (Å²) in [5.74, 6) is -0.793. The van der Waals surface area contributed by atoms with E-state index in [9.17, 15) is 19.2 Å². The Morgan fingerprint density at radius 3 is 2.53 bits per heavy atom. The van der Waals surface area contributed by atoms with E-state index in [4.69, 9.17) is 9.47 Å². The third kappa shape index (κ3) is 5.37. The zero-order valence-electron chi connectivity index (χ0n) is 17.4. The predicted octanol–water partition coefficient (Wildman–Crippen LogP) is 2.03. The number of benzene rings is 1. The number of esters is 1. The molecule has 1 unspecified atom stereocenters. The molecule has 30 heavy (non-hydrogen) atoms. The lowest BCUT2D eigenvalue weighted by Gasteiger charge is -2.36. The highest BCUT2D eigenvalue weighted by Gasteiger charge is 2.41. The van der Waals surface area contributed by atoms with Gasteiger partial charge in [-0.2, -0.15) is 0 Å². The summed E-state index contributed by atoms with van der Waals surface area (Å²) >= 11 is 0. The third-order valence-corrected chi connectivity index (χ3v) is 5.88. The van der Waals surface area contributed by atoms with Gasteiger partial charge in [0, 0.05) is 30.6 Å². The van der Waals surface area contributed by atoms with Crippen LogP contribution in [0, 0.1) is 17.8 Å². The van der Waals surface area contributed by atoms with Crippen molar-refractivity contribution in [2.75, 3.05) is 32.6 Å². The molecule has 2 aliphatic rings. The van der Waals surface area contributed by atoms with E-state index in [1.54, 1.807) is 24.3 Å². The molecule has 0 saturated heterocycles. The van der Waals surface area contributed by atoms with Gasteiger partial charge < -0.3 is 19.7 Å². The lowest BCUT2D eigenvalue weighted by Crippen LogP contribution is -2.41. The summed E-state index contributed by atoms with van der Waals surface area (Å²) in [4.78, 5) is 50.2. The van der Waals surface area contributed by atoms with Gasteiger partial charge in [-0.05, 0) is 37.8 Å². The number of nitrogens with one attached hydrogen (secondary N) is 1. The Balaban J connectivity index is 1.43. The number of hydrogen-bond acceptors (Lipinski definition) is 6. The smallest absolute Gasteiger partial charge is 0.309 e. The van der Waals surface area contributed by atoms with Gasteiger partial charge in [-0.15, -0.1) is 0 Å². The topological polar surface area (TPSA) is 102 Å². The molecule has 2 amide bonds. The quantitative estimate of drug-likeness (QED) is 0.683. The minimum absolute atomic E-state index is 0.0475. The Morgan fingerprint density at radius 2 is 1.87 bits per heavy atom. The number of ether oxygens (including phenoxy) is 2. The first kappa shape index (κ1) is 21.8. The molecule has 1 N–H and O–H groups in total. The van der Waals surface area contributed by atoms with Gasteiger partial charge in [-0.1, -0.05) is 12.5 Å². The first-order valence-electron chi connectivity index (χ1n) is 10.3. The van der Waals surface area contributed by atoms with Gasteiger partial charge in [-0.3, -0.25) is 19.2 Å². The molecule has 162 valence electrons. The minimum Gasteiger partial charge on any atom is -0.497 e. The van der Waals surface area contributed by atoms with E-state index in [-0.39, 0.29) is 36.0 Å². The van der Waals surface area contributed by atoms with Crippen LogP contribution in [0.2, 0.25) is 0 Å². The number of rotatable bonds is 7. The maximum Gasteiger partial charge on any atom is 0.309 e. The number of fused-ring (bicyclic) bond motifs is 2. The number of nitrogens with zero attached hydrogens (tertiary/aromatic N) is 1. The molecule has 0 aliphatic heterocycles. The van der Waals surface area contributed by atoms with Crippen LogP contribution in [0.1, 0.15) is 32.1 Å². The molecule has 2 saturated carbocycles. The lowest BCUT2D eigenvalue weighted by atomic mass is 9.67. The van der Waals surface area contributed by atoms with Gasteiger partial charge in [0.2, 0.25) is 5.91 Å². The van der Waals surface area contributed by atoms with Crippen molar-refractivity contribution in [1.29, 1.82) is 0 Å². The Labute approximate surface area is 175 Å². The molecule has 1 aromatic rings. The standard InChI is InChI=1S/C22H28N2O6/c1-24(12-19(25)23-17-7-4-8-18(11-17)29-2)20(26)13-30-22(28)16-9-14-5-3-6-15(10-16)21(14)27/h4,7-8,11,14-16H,3,5-6,9-10,12-13H2,1-2H3,(H,23,25)/t14-,15+,16?. The molecule has 0 spiro atoms. The van der Waals surface area contributed by atoms with E-state index in [2.05, 4.69) is 5.32 Å². The molecule has 0 radical (unpaired) electrons.